The first kappa shape index (κ1) is 19.8. The monoisotopic (exact) mass is 432 g/mol. The van der Waals surface area contributed by atoms with Crippen molar-refractivity contribution in [2.45, 2.75) is 37.1 Å². The van der Waals surface area contributed by atoms with Crippen LogP contribution in [-0.2, 0) is 14.7 Å². The molecule has 4 rings (SSSR count). The van der Waals surface area contributed by atoms with Crippen molar-refractivity contribution in [3.8, 4) is 0 Å². The van der Waals surface area contributed by atoms with Gasteiger partial charge in [0.2, 0.25) is 11.8 Å². The lowest BCUT2D eigenvalue weighted by Crippen LogP contribution is -2.63. The lowest BCUT2D eigenvalue weighted by Gasteiger charge is -2.42. The van der Waals surface area contributed by atoms with Gasteiger partial charge in [0.1, 0.15) is 17.8 Å². The highest BCUT2D eigenvalue weighted by Crippen LogP contribution is 2.65. The SMILES string of the molecule is N=C(N)NC[C@@H](O)c1nnc([C@@H]2CC3(CC3)[C@]3(N)CN2C(=O)N3OS(=O)(=O)O)o1. The summed E-state index contributed by atoms with van der Waals surface area (Å²) in [4.78, 5) is 14.0. The lowest BCUT2D eigenvalue weighted by atomic mass is 9.80. The van der Waals surface area contributed by atoms with Crippen LogP contribution < -0.4 is 16.8 Å². The van der Waals surface area contributed by atoms with Gasteiger partial charge in [-0.05, 0) is 19.3 Å². The molecule has 1 saturated carbocycles. The van der Waals surface area contributed by atoms with Gasteiger partial charge in [-0.2, -0.15) is 13.5 Å². The molecule has 0 radical (unpaired) electrons. The van der Waals surface area contributed by atoms with Gasteiger partial charge in [0.15, 0.2) is 5.96 Å². The molecular weight excluding hydrogens is 412 g/mol. The average Bonchev–Trinajstić information content (AvgIpc) is 3.17. The number of amides is 2. The van der Waals surface area contributed by atoms with E-state index in [1.54, 1.807) is 0 Å². The van der Waals surface area contributed by atoms with Crippen LogP contribution in [0.4, 0.5) is 4.79 Å². The Labute approximate surface area is 164 Å². The summed E-state index contributed by atoms with van der Waals surface area (Å²) in [5.74, 6) is -0.439. The van der Waals surface area contributed by atoms with Crippen molar-refractivity contribution in [3.63, 3.8) is 0 Å². The summed E-state index contributed by atoms with van der Waals surface area (Å²) in [6.45, 7) is -0.200. The number of guanidine groups is 1. The number of hydrogen-bond donors (Lipinski definition) is 6. The Morgan fingerprint density at radius 3 is 2.76 bits per heavy atom. The van der Waals surface area contributed by atoms with Crippen LogP contribution in [0.5, 0.6) is 0 Å². The van der Waals surface area contributed by atoms with Gasteiger partial charge in [-0.1, -0.05) is 0 Å². The zero-order valence-electron chi connectivity index (χ0n) is 15.0. The molecule has 0 aromatic carbocycles. The van der Waals surface area contributed by atoms with Crippen molar-refractivity contribution in [1.29, 1.82) is 5.41 Å². The number of aliphatic hydroxyl groups is 1. The Morgan fingerprint density at radius 1 is 1.48 bits per heavy atom. The second-order valence-electron chi connectivity index (χ2n) is 7.42. The van der Waals surface area contributed by atoms with Crippen LogP contribution in [0, 0.1) is 10.8 Å². The first-order valence-corrected chi connectivity index (χ1v) is 9.98. The number of aromatic nitrogens is 2. The molecule has 15 nitrogen and oxygen atoms in total. The molecule has 3 aliphatic rings. The molecular formula is C13H20N8O7S. The number of piperidine rings is 1. The molecule has 3 fully saturated rings. The largest absolute Gasteiger partial charge is 0.420 e. The number of nitrogens with two attached hydrogens (primary N) is 2. The van der Waals surface area contributed by atoms with E-state index in [4.69, 9.17) is 25.8 Å². The summed E-state index contributed by atoms with van der Waals surface area (Å²) in [6, 6.07) is -1.58. The van der Waals surface area contributed by atoms with E-state index in [1.807, 2.05) is 0 Å². The number of rotatable bonds is 6. The average molecular weight is 432 g/mol. The maximum atomic E-state index is 12.8. The van der Waals surface area contributed by atoms with E-state index in [2.05, 4.69) is 19.8 Å². The number of nitrogens with one attached hydrogen (secondary N) is 2. The highest BCUT2D eigenvalue weighted by molar-refractivity contribution is 7.80. The summed E-state index contributed by atoms with van der Waals surface area (Å²) in [6.07, 6.45) is 0.294. The van der Waals surface area contributed by atoms with Crippen LogP contribution in [0.3, 0.4) is 0 Å². The maximum Gasteiger partial charge on any atom is 0.418 e. The minimum Gasteiger partial charge on any atom is -0.420 e. The molecule has 160 valence electrons. The summed E-state index contributed by atoms with van der Waals surface area (Å²) in [7, 11) is -4.96. The van der Waals surface area contributed by atoms with Gasteiger partial charge in [0.25, 0.3) is 0 Å². The summed E-state index contributed by atoms with van der Waals surface area (Å²) in [5, 5.41) is 27.8. The van der Waals surface area contributed by atoms with E-state index in [0.717, 1.165) is 0 Å². The Balaban J connectivity index is 1.60. The van der Waals surface area contributed by atoms with Crippen molar-refractivity contribution in [1.82, 2.24) is 25.5 Å². The number of nitrogens with zero attached hydrogens (tertiary/aromatic N) is 4. The van der Waals surface area contributed by atoms with Crippen molar-refractivity contribution in [3.05, 3.63) is 11.8 Å². The second-order valence-corrected chi connectivity index (χ2v) is 8.43. The second kappa shape index (κ2) is 6.23. The fraction of sp³-hybridized carbons (Fsp3) is 0.692. The molecule has 3 heterocycles. The lowest BCUT2D eigenvalue weighted by molar-refractivity contribution is -0.111. The Kier molecular flexibility index (Phi) is 4.25. The maximum absolute atomic E-state index is 12.8. The molecule has 8 N–H and O–H groups in total. The van der Waals surface area contributed by atoms with Gasteiger partial charge in [0, 0.05) is 5.41 Å². The molecule has 2 amide bonds. The van der Waals surface area contributed by atoms with Crippen molar-refractivity contribution >= 4 is 22.4 Å². The molecule has 29 heavy (non-hydrogen) atoms. The summed E-state index contributed by atoms with van der Waals surface area (Å²) in [5.41, 5.74) is 9.44. The third-order valence-electron chi connectivity index (χ3n) is 5.61. The predicted molar refractivity (Wildman–Crippen MR) is 91.7 cm³/mol. The minimum atomic E-state index is -4.96. The fourth-order valence-electron chi connectivity index (χ4n) is 3.97. The first-order chi connectivity index (χ1) is 13.5. The predicted octanol–water partition coefficient (Wildman–Crippen LogP) is -2.06. The summed E-state index contributed by atoms with van der Waals surface area (Å²) >= 11 is 0. The van der Waals surface area contributed by atoms with Crippen LogP contribution in [-0.4, -0.2) is 69.0 Å². The third kappa shape index (κ3) is 3.18. The first-order valence-electron chi connectivity index (χ1n) is 8.62. The van der Waals surface area contributed by atoms with Crippen LogP contribution in [0.25, 0.3) is 0 Å². The van der Waals surface area contributed by atoms with Gasteiger partial charge in [-0.3, -0.25) is 9.96 Å². The molecule has 1 spiro atoms. The van der Waals surface area contributed by atoms with E-state index in [1.165, 1.54) is 4.90 Å². The van der Waals surface area contributed by atoms with Crippen molar-refractivity contribution in [2.24, 2.45) is 16.9 Å². The van der Waals surface area contributed by atoms with Gasteiger partial charge >= 0.3 is 16.4 Å². The number of carbonyl (C=O) groups excluding carboxylic acids is 1. The van der Waals surface area contributed by atoms with Gasteiger partial charge in [-0.15, -0.1) is 14.5 Å². The van der Waals surface area contributed by atoms with E-state index in [0.29, 0.717) is 24.3 Å². The highest BCUT2D eigenvalue weighted by Gasteiger charge is 2.72. The number of hydrogen-bond acceptors (Lipinski definition) is 10. The van der Waals surface area contributed by atoms with E-state index in [-0.39, 0.29) is 30.8 Å². The number of fused-ring (bicyclic) bond motifs is 3. The van der Waals surface area contributed by atoms with E-state index in [9.17, 15) is 18.3 Å². The molecule has 16 heteroatoms. The van der Waals surface area contributed by atoms with Crippen LogP contribution in [0.15, 0.2) is 4.42 Å². The van der Waals surface area contributed by atoms with Gasteiger partial charge in [0.05, 0.1) is 13.1 Å². The standard InChI is InChI=1S/C13H20N8O7S/c14-10(15)17-4-7(22)9-19-18-8(27-9)6-3-12(1-2-12)13(16)5-20(6)11(23)21(13)28-29(24,25)26/h6-7,22H,1-5,16H2,(H4,14,15,17)(H,24,25,26)/t6-,7+,13-/m0/s1. The molecule has 1 aromatic heterocycles. The zero-order chi connectivity index (χ0) is 21.2. The molecule has 0 unspecified atom stereocenters. The van der Waals surface area contributed by atoms with Crippen LogP contribution >= 0.6 is 0 Å². The van der Waals surface area contributed by atoms with Gasteiger partial charge < -0.3 is 31.2 Å². The Morgan fingerprint density at radius 2 is 2.17 bits per heavy atom. The van der Waals surface area contributed by atoms with E-state index >= 15 is 0 Å². The van der Waals surface area contributed by atoms with Crippen LogP contribution in [0.1, 0.15) is 43.2 Å². The fourth-order valence-corrected chi connectivity index (χ4v) is 4.36. The molecule has 2 bridgehead atoms. The number of urea groups is 1. The molecule has 3 atom stereocenters. The quantitative estimate of drug-likeness (QED) is 0.162. The zero-order valence-corrected chi connectivity index (χ0v) is 15.8. The topological polar surface area (TPSA) is 234 Å². The molecule has 2 saturated heterocycles. The summed E-state index contributed by atoms with van der Waals surface area (Å²) < 4.78 is 41.4. The third-order valence-corrected chi connectivity index (χ3v) is 5.94. The molecule has 2 aliphatic heterocycles. The van der Waals surface area contributed by atoms with Gasteiger partial charge in [-0.25, -0.2) is 4.79 Å². The van der Waals surface area contributed by atoms with Crippen molar-refractivity contribution < 1.29 is 31.6 Å². The number of carbonyl (C=O) groups is 1. The number of aliphatic hydroxyl groups excluding tert-OH is 1. The minimum absolute atomic E-state index is 0.0391. The Bertz CT molecular complexity index is 962. The normalized spacial score (nSPS) is 28.7. The Hall–Kier alpha value is -2.53. The smallest absolute Gasteiger partial charge is 0.418 e. The molecule has 1 aromatic rings. The van der Waals surface area contributed by atoms with E-state index < -0.39 is 39.7 Å². The number of hydroxylamine groups is 2. The van der Waals surface area contributed by atoms with Crippen LogP contribution in [0.2, 0.25) is 0 Å². The highest BCUT2D eigenvalue weighted by atomic mass is 32.3. The molecule has 1 aliphatic carbocycles. The van der Waals surface area contributed by atoms with Crippen molar-refractivity contribution in [2.75, 3.05) is 13.1 Å².